The molecule has 1 fully saturated rings. The van der Waals surface area contributed by atoms with Crippen LogP contribution in [-0.2, 0) is 47.5 Å². The van der Waals surface area contributed by atoms with Crippen molar-refractivity contribution in [1.82, 2.24) is 19.5 Å². The quantitative estimate of drug-likeness (QED) is 0.118. The van der Waals surface area contributed by atoms with Gasteiger partial charge in [0.1, 0.15) is 22.9 Å². The lowest BCUT2D eigenvalue weighted by atomic mass is 10.00. The van der Waals surface area contributed by atoms with E-state index in [0.29, 0.717) is 4.90 Å². The van der Waals surface area contributed by atoms with E-state index in [2.05, 4.69) is 15.0 Å². The lowest BCUT2D eigenvalue weighted by molar-refractivity contribution is -0.196. The van der Waals surface area contributed by atoms with Crippen molar-refractivity contribution >= 4 is 58.9 Å². The molecule has 1 aliphatic rings. The third-order valence-electron chi connectivity index (χ3n) is 6.93. The number of ether oxygens (including phenoxy) is 8. The van der Waals surface area contributed by atoms with Gasteiger partial charge in [0.25, 0.3) is 5.60 Å². The fraction of sp³-hybridized carbons (Fsp3) is 0.676. The molecule has 55 heavy (non-hydrogen) atoms. The summed E-state index contributed by atoms with van der Waals surface area (Å²) in [5.74, 6) is -3.01. The Hall–Kier alpha value is -4.87. The Balaban J connectivity index is 2.16. The third-order valence-corrected chi connectivity index (χ3v) is 7.10. The van der Waals surface area contributed by atoms with Crippen LogP contribution in [0.15, 0.2) is 6.33 Å². The number of imide groups is 1. The number of alkyl halides is 1. The van der Waals surface area contributed by atoms with Crippen molar-refractivity contribution in [2.45, 2.75) is 130 Å². The van der Waals surface area contributed by atoms with Crippen LogP contribution in [0.3, 0.4) is 0 Å². The molecule has 0 saturated carbocycles. The molecule has 0 aliphatic carbocycles. The van der Waals surface area contributed by atoms with Crippen LogP contribution in [0, 0.1) is 11.3 Å². The minimum Gasteiger partial charge on any atom is -0.463 e. The molecular weight excluding hydrogens is 755 g/mol. The first-order valence-corrected chi connectivity index (χ1v) is 17.5. The minimum absolute atomic E-state index is 0.201. The van der Waals surface area contributed by atoms with E-state index in [9.17, 15) is 29.2 Å². The number of amides is 2. The van der Waals surface area contributed by atoms with Crippen LogP contribution < -0.4 is 4.90 Å². The Kier molecular flexibility index (Phi) is 14.0. The minimum atomic E-state index is -2.63. The summed E-state index contributed by atoms with van der Waals surface area (Å²) in [6.45, 7) is 15.7. The van der Waals surface area contributed by atoms with Gasteiger partial charge in [0.05, 0.1) is 38.6 Å². The highest BCUT2D eigenvalue weighted by molar-refractivity contribution is 6.29. The van der Waals surface area contributed by atoms with E-state index in [1.807, 2.05) is 0 Å². The second-order valence-electron chi connectivity index (χ2n) is 14.9. The van der Waals surface area contributed by atoms with E-state index < -0.39 is 101 Å². The standard InChI is InChI=1S/C34H46ClFN6O13/c1-12-48-25(43)34(14-15-37,26(44)49-13-2)50-16-18-21(52-30(47)55-33(9,10)11)19(36)24(51-18)41-17-38-20-22(41)39-27(35)40-23(20)42(28(45)53-31(3,4)5)29(46)54-32(6,7)8/h17-19,21,24H,12-14,16H2,1-11H3/t18-,19+,21-,24-/m1/s1. The molecule has 0 radical (unpaired) electrons. The number of imidazole rings is 1. The highest BCUT2D eigenvalue weighted by Gasteiger charge is 2.55. The monoisotopic (exact) mass is 800 g/mol. The summed E-state index contributed by atoms with van der Waals surface area (Å²) in [6, 6.07) is 1.70. The molecule has 0 unspecified atom stereocenters. The molecule has 0 bridgehead atoms. The maximum atomic E-state index is 16.7. The summed E-state index contributed by atoms with van der Waals surface area (Å²) in [5, 5.41) is 9.04. The van der Waals surface area contributed by atoms with Crippen LogP contribution >= 0.6 is 11.6 Å². The molecule has 0 N–H and O–H groups in total. The number of hydrogen-bond acceptors (Lipinski definition) is 17. The van der Waals surface area contributed by atoms with Crippen LogP contribution in [0.1, 0.15) is 88.8 Å². The van der Waals surface area contributed by atoms with Gasteiger partial charge in [-0.3, -0.25) is 4.57 Å². The number of rotatable bonds is 11. The summed E-state index contributed by atoms with van der Waals surface area (Å²) in [4.78, 5) is 78.8. The molecule has 21 heteroatoms. The highest BCUT2D eigenvalue weighted by atomic mass is 35.5. The van der Waals surface area contributed by atoms with Crippen molar-refractivity contribution in [1.29, 1.82) is 5.26 Å². The summed E-state index contributed by atoms with van der Waals surface area (Å²) in [7, 11) is 0. The van der Waals surface area contributed by atoms with Gasteiger partial charge in [-0.15, -0.1) is 0 Å². The summed E-state index contributed by atoms with van der Waals surface area (Å²) >= 11 is 6.29. The van der Waals surface area contributed by atoms with Crippen molar-refractivity contribution in [2.24, 2.45) is 0 Å². The molecule has 2 aromatic rings. The average molecular weight is 801 g/mol. The number of carbonyl (C=O) groups excluding carboxylic acids is 5. The van der Waals surface area contributed by atoms with E-state index in [4.69, 9.17) is 49.5 Å². The van der Waals surface area contributed by atoms with Crippen molar-refractivity contribution in [3.8, 4) is 6.07 Å². The largest absolute Gasteiger partial charge is 0.509 e. The molecule has 2 aromatic heterocycles. The maximum absolute atomic E-state index is 16.7. The number of carbonyl (C=O) groups is 5. The molecule has 0 aromatic carbocycles. The molecule has 19 nitrogen and oxygen atoms in total. The van der Waals surface area contributed by atoms with E-state index in [1.165, 1.54) is 13.8 Å². The van der Waals surface area contributed by atoms with Crippen LogP contribution in [0.25, 0.3) is 11.2 Å². The average Bonchev–Trinajstić information content (AvgIpc) is 3.57. The molecule has 4 atom stereocenters. The molecule has 1 saturated heterocycles. The van der Waals surface area contributed by atoms with Crippen LogP contribution in [0.2, 0.25) is 5.28 Å². The SMILES string of the molecule is CCOC(=O)C(CC#N)(OC[C@H]1O[C@@H](n2cnc3c(N(C(=O)OC(C)(C)C)C(=O)OC(C)(C)C)nc(Cl)nc32)[C@@H](F)[C@@H]1OC(=O)OC(C)(C)C)C(=O)OCC. The van der Waals surface area contributed by atoms with Gasteiger partial charge in [-0.2, -0.15) is 20.1 Å². The van der Waals surface area contributed by atoms with Gasteiger partial charge in [-0.25, -0.2) is 33.3 Å². The van der Waals surface area contributed by atoms with Gasteiger partial charge in [0.2, 0.25) is 5.28 Å². The van der Waals surface area contributed by atoms with Gasteiger partial charge in [-0.1, -0.05) is 0 Å². The molecule has 2 amide bonds. The zero-order chi connectivity index (χ0) is 41.7. The van der Waals surface area contributed by atoms with Crippen molar-refractivity contribution in [3.63, 3.8) is 0 Å². The normalized spacial score (nSPS) is 18.9. The van der Waals surface area contributed by atoms with Crippen LogP contribution in [0.4, 0.5) is 24.6 Å². The zero-order valence-electron chi connectivity index (χ0n) is 32.5. The number of aromatic nitrogens is 4. The first kappa shape index (κ1) is 44.5. The van der Waals surface area contributed by atoms with Gasteiger partial charge < -0.3 is 37.9 Å². The Bertz CT molecular complexity index is 1750. The molecule has 1 aliphatic heterocycles. The van der Waals surface area contributed by atoms with E-state index in [0.717, 1.165) is 10.9 Å². The fourth-order valence-corrected chi connectivity index (χ4v) is 5.05. The molecule has 3 rings (SSSR count). The second-order valence-corrected chi connectivity index (χ2v) is 15.2. The first-order chi connectivity index (χ1) is 25.4. The summed E-state index contributed by atoms with van der Waals surface area (Å²) in [6.07, 6.45) is -11.1. The van der Waals surface area contributed by atoms with Gasteiger partial charge in [-0.05, 0) is 87.8 Å². The van der Waals surface area contributed by atoms with Crippen molar-refractivity contribution < 1.29 is 66.3 Å². The van der Waals surface area contributed by atoms with Gasteiger partial charge >= 0.3 is 30.3 Å². The van der Waals surface area contributed by atoms with Crippen LogP contribution in [-0.4, -0.2) is 110 Å². The smallest absolute Gasteiger partial charge is 0.463 e. The lowest BCUT2D eigenvalue weighted by Gasteiger charge is -2.29. The predicted octanol–water partition coefficient (Wildman–Crippen LogP) is 5.51. The highest BCUT2D eigenvalue weighted by Crippen LogP contribution is 2.38. The molecule has 304 valence electrons. The molecular formula is C34H46ClFN6O13. The van der Waals surface area contributed by atoms with Crippen LogP contribution in [0.5, 0.6) is 0 Å². The lowest BCUT2D eigenvalue weighted by Crippen LogP contribution is -2.53. The Morgan fingerprint density at radius 2 is 1.44 bits per heavy atom. The van der Waals surface area contributed by atoms with Crippen molar-refractivity contribution in [3.05, 3.63) is 11.6 Å². The van der Waals surface area contributed by atoms with Gasteiger partial charge in [0, 0.05) is 0 Å². The predicted molar refractivity (Wildman–Crippen MR) is 187 cm³/mol. The molecule has 3 heterocycles. The first-order valence-electron chi connectivity index (χ1n) is 17.1. The van der Waals surface area contributed by atoms with E-state index >= 15 is 4.39 Å². The maximum Gasteiger partial charge on any atom is 0.509 e. The second kappa shape index (κ2) is 17.3. The number of fused-ring (bicyclic) bond motifs is 1. The fourth-order valence-electron chi connectivity index (χ4n) is 4.89. The third kappa shape index (κ3) is 11.1. The number of anilines is 1. The zero-order valence-corrected chi connectivity index (χ0v) is 33.2. The Morgan fingerprint density at radius 1 is 0.909 bits per heavy atom. The van der Waals surface area contributed by atoms with Crippen molar-refractivity contribution in [2.75, 3.05) is 24.7 Å². The Labute approximate surface area is 321 Å². The number of esters is 2. The number of nitrogens with zero attached hydrogens (tertiary/aromatic N) is 6. The molecule has 0 spiro atoms. The number of halogens is 2. The topological polar surface area (TPSA) is 230 Å². The number of hydrogen-bond donors (Lipinski definition) is 0. The van der Waals surface area contributed by atoms with E-state index in [-0.39, 0.29) is 24.4 Å². The number of nitriles is 1. The summed E-state index contributed by atoms with van der Waals surface area (Å²) in [5.41, 5.74) is -6.40. The van der Waals surface area contributed by atoms with Gasteiger partial charge in [0.15, 0.2) is 35.5 Å². The Morgan fingerprint density at radius 3 is 1.91 bits per heavy atom. The summed E-state index contributed by atoms with van der Waals surface area (Å²) < 4.78 is 60.9. The van der Waals surface area contributed by atoms with E-state index in [1.54, 1.807) is 68.4 Å².